The van der Waals surface area contributed by atoms with Crippen molar-refractivity contribution < 1.29 is 24.5 Å². The van der Waals surface area contributed by atoms with E-state index < -0.39 is 17.3 Å². The quantitative estimate of drug-likeness (QED) is 0.340. The third-order valence-corrected chi connectivity index (χ3v) is 9.70. The van der Waals surface area contributed by atoms with Crippen LogP contribution in [-0.2, 0) is 16.1 Å². The lowest BCUT2D eigenvalue weighted by Crippen LogP contribution is -2.56. The van der Waals surface area contributed by atoms with Crippen LogP contribution in [0.4, 0.5) is 16.4 Å². The van der Waals surface area contributed by atoms with Crippen molar-refractivity contribution in [2.24, 2.45) is 11.3 Å². The number of aliphatic hydroxyl groups is 2. The number of rotatable bonds is 10. The fourth-order valence-electron chi connectivity index (χ4n) is 5.36. The molecule has 2 aromatic rings. The second-order valence-corrected chi connectivity index (χ2v) is 14.7. The Labute approximate surface area is 263 Å². The Morgan fingerprint density at radius 2 is 1.86 bits per heavy atom. The maximum Gasteiger partial charge on any atom is 0.407 e. The monoisotopic (exact) mass is 636 g/mol. The number of alkyl carbamates (subject to hydrolysis) is 1. The Balaban J connectivity index is 1.42. The smallest absolute Gasteiger partial charge is 0.407 e. The highest BCUT2D eigenvalue weighted by molar-refractivity contribution is 7.99. The number of pyridine rings is 1. The van der Waals surface area contributed by atoms with Gasteiger partial charge in [-0.05, 0) is 58.9 Å². The number of nitrogens with zero attached hydrogens (tertiary/aromatic N) is 5. The zero-order valence-electron chi connectivity index (χ0n) is 26.2. The number of piperidine rings is 1. The number of aromatic nitrogens is 3. The minimum atomic E-state index is -0.747. The Morgan fingerprint density at radius 3 is 2.44 bits per heavy atom. The van der Waals surface area contributed by atoms with Crippen LogP contribution >= 0.6 is 23.4 Å². The molecule has 2 aliphatic heterocycles. The van der Waals surface area contributed by atoms with Crippen LogP contribution in [0.3, 0.4) is 0 Å². The fraction of sp³-hybridized carbons (Fsp3) is 0.667. The van der Waals surface area contributed by atoms with Crippen LogP contribution in [0.2, 0.25) is 5.02 Å². The van der Waals surface area contributed by atoms with Crippen molar-refractivity contribution in [1.29, 1.82) is 0 Å². The van der Waals surface area contributed by atoms with E-state index in [4.69, 9.17) is 31.0 Å². The van der Waals surface area contributed by atoms with Crippen molar-refractivity contribution in [3.63, 3.8) is 0 Å². The minimum Gasteiger partial charge on any atom is -0.444 e. The number of aliphatic hydroxyl groups excluding tert-OH is 1. The molecule has 0 saturated carbocycles. The highest BCUT2D eigenvalue weighted by Crippen LogP contribution is 2.41. The second kappa shape index (κ2) is 13.3. The van der Waals surface area contributed by atoms with Crippen molar-refractivity contribution in [1.82, 2.24) is 20.3 Å². The Morgan fingerprint density at radius 1 is 1.19 bits per heavy atom. The molecule has 4 rings (SSSR count). The second-order valence-electron chi connectivity index (χ2n) is 13.2. The molecule has 3 N–H and O–H groups in total. The topological polar surface area (TPSA) is 133 Å². The third kappa shape index (κ3) is 8.21. The van der Waals surface area contributed by atoms with Gasteiger partial charge in [0.05, 0.1) is 36.1 Å². The molecule has 13 heteroatoms. The number of methoxy groups -OCH3 is 1. The van der Waals surface area contributed by atoms with Gasteiger partial charge in [0, 0.05) is 50.3 Å². The van der Waals surface area contributed by atoms with Gasteiger partial charge in [-0.3, -0.25) is 0 Å². The largest absolute Gasteiger partial charge is 0.444 e. The van der Waals surface area contributed by atoms with Crippen LogP contribution in [0.25, 0.3) is 0 Å². The summed E-state index contributed by atoms with van der Waals surface area (Å²) < 4.78 is 10.9. The number of halogens is 1. The summed E-state index contributed by atoms with van der Waals surface area (Å²) >= 11 is 8.13. The van der Waals surface area contributed by atoms with Crippen LogP contribution in [0.5, 0.6) is 0 Å². The van der Waals surface area contributed by atoms with Gasteiger partial charge in [0.15, 0.2) is 5.82 Å². The molecule has 1 atom stereocenters. The van der Waals surface area contributed by atoms with E-state index in [0.29, 0.717) is 60.2 Å². The molecule has 2 saturated heterocycles. The van der Waals surface area contributed by atoms with Gasteiger partial charge in [-0.1, -0.05) is 30.3 Å². The van der Waals surface area contributed by atoms with Crippen molar-refractivity contribution in [3.05, 3.63) is 29.2 Å². The van der Waals surface area contributed by atoms with Gasteiger partial charge in [0.2, 0.25) is 0 Å². The van der Waals surface area contributed by atoms with Crippen LogP contribution < -0.4 is 15.1 Å². The first-order valence-electron chi connectivity index (χ1n) is 14.6. The molecule has 43 heavy (non-hydrogen) atoms. The molecule has 2 aliphatic rings. The molecule has 11 nitrogen and oxygen atoms in total. The molecule has 1 unspecified atom stereocenters. The van der Waals surface area contributed by atoms with Crippen LogP contribution in [0.1, 0.15) is 60.1 Å². The van der Waals surface area contributed by atoms with Crippen molar-refractivity contribution >= 4 is 41.1 Å². The van der Waals surface area contributed by atoms with Gasteiger partial charge in [0.1, 0.15) is 22.1 Å². The van der Waals surface area contributed by atoms with E-state index >= 15 is 0 Å². The van der Waals surface area contributed by atoms with E-state index in [1.165, 1.54) is 11.8 Å². The molecule has 1 amide bonds. The summed E-state index contributed by atoms with van der Waals surface area (Å²) in [4.78, 5) is 31.4. The summed E-state index contributed by atoms with van der Waals surface area (Å²) in [6, 6.07) is 1.62. The summed E-state index contributed by atoms with van der Waals surface area (Å²) in [5.41, 5.74) is -1.06. The van der Waals surface area contributed by atoms with E-state index in [2.05, 4.69) is 27.0 Å². The summed E-state index contributed by atoms with van der Waals surface area (Å²) in [6.45, 7) is 14.2. The van der Waals surface area contributed by atoms with Gasteiger partial charge in [-0.15, -0.1) is 0 Å². The Bertz CT molecular complexity index is 1270. The van der Waals surface area contributed by atoms with Crippen LogP contribution in [0.15, 0.2) is 28.4 Å². The molecule has 4 heterocycles. The van der Waals surface area contributed by atoms with Gasteiger partial charge in [0.25, 0.3) is 0 Å². The number of hydrogen-bond acceptors (Lipinski definition) is 11. The van der Waals surface area contributed by atoms with E-state index in [1.807, 2.05) is 40.7 Å². The summed E-state index contributed by atoms with van der Waals surface area (Å²) in [6.07, 6.45) is 4.52. The molecule has 0 bridgehead atoms. The zero-order chi connectivity index (χ0) is 31.6. The number of nitrogens with one attached hydrogen (secondary N) is 1. The molecule has 2 aromatic heterocycles. The molecule has 0 aromatic carbocycles. The predicted octanol–water partition coefficient (Wildman–Crippen LogP) is 4.52. The van der Waals surface area contributed by atoms with Crippen LogP contribution in [0, 0.1) is 11.3 Å². The number of hydrogen-bond donors (Lipinski definition) is 3. The Hall–Kier alpha value is -2.38. The van der Waals surface area contributed by atoms with Gasteiger partial charge >= 0.3 is 6.09 Å². The first-order chi connectivity index (χ1) is 20.1. The number of carbonyl (C=O) groups excluding carboxylic acids is 1. The fourth-order valence-corrected chi connectivity index (χ4v) is 6.50. The van der Waals surface area contributed by atoms with Gasteiger partial charge in [-0.2, -0.15) is 0 Å². The van der Waals surface area contributed by atoms with Crippen molar-refractivity contribution in [2.75, 3.05) is 49.7 Å². The molecule has 0 radical (unpaired) electrons. The number of carbonyl (C=O) groups is 1. The van der Waals surface area contributed by atoms with Gasteiger partial charge < -0.3 is 34.8 Å². The van der Waals surface area contributed by atoms with E-state index in [0.717, 1.165) is 17.7 Å². The highest BCUT2D eigenvalue weighted by Gasteiger charge is 2.40. The lowest BCUT2D eigenvalue weighted by atomic mass is 9.74. The van der Waals surface area contributed by atoms with E-state index in [1.54, 1.807) is 19.5 Å². The first-order valence-corrected chi connectivity index (χ1v) is 15.8. The minimum absolute atomic E-state index is 0.159. The standard InChI is InChI=1S/C30H45ClN6O5S/c1-28(2,3)42-27(39)35-22(18-41-7)30(6)9-12-36(13-10-30)25-20(17-38)34-23(14-33-25)43-21-8-11-32-26(24(21)31)37-15-19(16-37)29(4,5)40/h8,11,14,19,22,38,40H,9-10,12-13,15-18H2,1-7H3,(H,35,39). The lowest BCUT2D eigenvalue weighted by Gasteiger charge is -2.46. The highest BCUT2D eigenvalue weighted by atomic mass is 35.5. The van der Waals surface area contributed by atoms with Crippen molar-refractivity contribution in [3.8, 4) is 0 Å². The maximum atomic E-state index is 12.5. The van der Waals surface area contributed by atoms with Crippen LogP contribution in [-0.4, -0.2) is 88.4 Å². The molecule has 238 valence electrons. The van der Waals surface area contributed by atoms with E-state index in [9.17, 15) is 15.0 Å². The summed E-state index contributed by atoms with van der Waals surface area (Å²) in [5.74, 6) is 1.49. The average Bonchev–Trinajstić information content (AvgIpc) is 2.88. The number of ether oxygens (including phenoxy) is 2. The molecule has 2 fully saturated rings. The average molecular weight is 637 g/mol. The van der Waals surface area contributed by atoms with Crippen molar-refractivity contribution in [2.45, 2.75) is 88.2 Å². The van der Waals surface area contributed by atoms with Gasteiger partial charge in [-0.25, -0.2) is 19.7 Å². The van der Waals surface area contributed by atoms with E-state index in [-0.39, 0.29) is 24.0 Å². The molecular weight excluding hydrogens is 592 g/mol. The third-order valence-electron chi connectivity index (χ3n) is 8.25. The number of amides is 1. The molecule has 0 spiro atoms. The predicted molar refractivity (Wildman–Crippen MR) is 168 cm³/mol. The SMILES string of the molecule is COCC(NC(=O)OC(C)(C)C)C1(C)CCN(c2ncc(Sc3ccnc(N4CC(C(C)(C)O)C4)c3Cl)nc2CO)CC1. The molecule has 0 aliphatic carbocycles. The number of anilines is 2. The summed E-state index contributed by atoms with van der Waals surface area (Å²) in [7, 11) is 1.63. The Kier molecular flexibility index (Phi) is 10.4. The maximum absolute atomic E-state index is 12.5. The molecular formula is C30H45ClN6O5S. The first kappa shape index (κ1) is 33.5. The normalized spacial score (nSPS) is 18.3. The summed E-state index contributed by atoms with van der Waals surface area (Å²) in [5, 5.41) is 24.7. The zero-order valence-corrected chi connectivity index (χ0v) is 27.8. The lowest BCUT2D eigenvalue weighted by molar-refractivity contribution is 0.00436.